The van der Waals surface area contributed by atoms with Gasteiger partial charge < -0.3 is 4.90 Å². The number of benzene rings is 1. The van der Waals surface area contributed by atoms with Gasteiger partial charge in [0.15, 0.2) is 0 Å². The summed E-state index contributed by atoms with van der Waals surface area (Å²) in [5.41, 5.74) is 1.85. The summed E-state index contributed by atoms with van der Waals surface area (Å²) >= 11 is 0. The molecule has 0 saturated carbocycles. The van der Waals surface area contributed by atoms with Gasteiger partial charge in [0.25, 0.3) is 5.91 Å². The third-order valence-electron chi connectivity index (χ3n) is 4.73. The van der Waals surface area contributed by atoms with Crippen molar-refractivity contribution >= 4 is 15.9 Å². The van der Waals surface area contributed by atoms with Crippen LogP contribution in [0.4, 0.5) is 0 Å². The zero-order valence-corrected chi connectivity index (χ0v) is 16.6. The van der Waals surface area contributed by atoms with E-state index in [1.807, 2.05) is 0 Å². The van der Waals surface area contributed by atoms with E-state index in [4.69, 9.17) is 0 Å². The summed E-state index contributed by atoms with van der Waals surface area (Å²) in [6.07, 6.45) is 9.57. The van der Waals surface area contributed by atoms with Crippen molar-refractivity contribution in [3.63, 3.8) is 0 Å². The Balaban J connectivity index is 1.93. The smallest absolute Gasteiger partial charge is 0.253 e. The molecule has 0 radical (unpaired) electrons. The SMILES string of the molecule is CCCCN(C)C(=O)c1ccc(S(=O)(=O)NCCC2=CCCCC2)cc1. The number of nitrogens with one attached hydrogen (secondary N) is 1. The molecule has 26 heavy (non-hydrogen) atoms. The fraction of sp³-hybridized carbons (Fsp3) is 0.550. The molecule has 0 fully saturated rings. The van der Waals surface area contributed by atoms with Crippen LogP contribution in [0.1, 0.15) is 62.2 Å². The number of allylic oxidation sites excluding steroid dienone is 1. The van der Waals surface area contributed by atoms with Gasteiger partial charge in [-0.25, -0.2) is 13.1 Å². The number of unbranched alkanes of at least 4 members (excludes halogenated alkanes) is 1. The van der Waals surface area contributed by atoms with E-state index in [0.717, 1.165) is 32.1 Å². The first-order chi connectivity index (χ1) is 12.4. The summed E-state index contributed by atoms with van der Waals surface area (Å²) in [7, 11) is -1.77. The molecule has 0 heterocycles. The van der Waals surface area contributed by atoms with Gasteiger partial charge in [0.05, 0.1) is 4.90 Å². The Kier molecular flexibility index (Phi) is 7.85. The molecule has 0 aliphatic heterocycles. The molecule has 6 heteroatoms. The standard InChI is InChI=1S/C20H30N2O3S/c1-3-4-16-22(2)20(23)18-10-12-19(13-11-18)26(24,25)21-15-14-17-8-6-5-7-9-17/h8,10-13,21H,3-7,9,14-16H2,1-2H3. The summed E-state index contributed by atoms with van der Waals surface area (Å²) in [4.78, 5) is 14.2. The van der Waals surface area contributed by atoms with Crippen molar-refractivity contribution in [3.8, 4) is 0 Å². The normalized spacial score (nSPS) is 14.8. The highest BCUT2D eigenvalue weighted by molar-refractivity contribution is 7.89. The Hall–Kier alpha value is -1.66. The maximum absolute atomic E-state index is 12.4. The second kappa shape index (κ2) is 9.88. The second-order valence-corrected chi connectivity index (χ2v) is 8.63. The number of carbonyl (C=O) groups is 1. The maximum Gasteiger partial charge on any atom is 0.253 e. The first-order valence-electron chi connectivity index (χ1n) is 9.47. The van der Waals surface area contributed by atoms with Crippen LogP contribution in [0.15, 0.2) is 40.8 Å². The summed E-state index contributed by atoms with van der Waals surface area (Å²) in [5, 5.41) is 0. The molecule has 0 bridgehead atoms. The molecule has 0 saturated heterocycles. The van der Waals surface area contributed by atoms with E-state index in [1.54, 1.807) is 24.1 Å². The number of nitrogens with zero attached hydrogens (tertiary/aromatic N) is 1. The quantitative estimate of drug-likeness (QED) is 0.666. The average molecular weight is 379 g/mol. The number of hydrogen-bond acceptors (Lipinski definition) is 3. The van der Waals surface area contributed by atoms with Gasteiger partial charge in [-0.1, -0.05) is 25.0 Å². The van der Waals surface area contributed by atoms with Crippen LogP contribution < -0.4 is 4.72 Å². The van der Waals surface area contributed by atoms with Crippen molar-refractivity contribution < 1.29 is 13.2 Å². The van der Waals surface area contributed by atoms with Crippen molar-refractivity contribution in [2.45, 2.75) is 56.8 Å². The lowest BCUT2D eigenvalue weighted by Gasteiger charge is -2.17. The summed E-state index contributed by atoms with van der Waals surface area (Å²) in [6, 6.07) is 6.18. The minimum atomic E-state index is -3.54. The molecular weight excluding hydrogens is 348 g/mol. The molecule has 0 spiro atoms. The molecule has 0 atom stereocenters. The monoisotopic (exact) mass is 378 g/mol. The third-order valence-corrected chi connectivity index (χ3v) is 6.21. The lowest BCUT2D eigenvalue weighted by Crippen LogP contribution is -2.28. The average Bonchev–Trinajstić information content (AvgIpc) is 2.66. The molecule has 2 rings (SSSR count). The number of rotatable bonds is 9. The predicted molar refractivity (Wildman–Crippen MR) is 105 cm³/mol. The molecule has 0 aromatic heterocycles. The molecule has 1 aromatic carbocycles. The predicted octanol–water partition coefficient (Wildman–Crippen LogP) is 3.73. The van der Waals surface area contributed by atoms with Gasteiger partial charge in [-0.15, -0.1) is 0 Å². The highest BCUT2D eigenvalue weighted by Crippen LogP contribution is 2.20. The van der Waals surface area contributed by atoms with Crippen LogP contribution in [0.3, 0.4) is 0 Å². The van der Waals surface area contributed by atoms with Gasteiger partial charge in [0.2, 0.25) is 10.0 Å². The summed E-state index contributed by atoms with van der Waals surface area (Å²) in [5.74, 6) is -0.0837. The minimum absolute atomic E-state index is 0.0837. The Morgan fingerprint density at radius 2 is 1.92 bits per heavy atom. The van der Waals surface area contributed by atoms with Gasteiger partial charge in [0, 0.05) is 25.7 Å². The minimum Gasteiger partial charge on any atom is -0.342 e. The number of carbonyl (C=O) groups excluding carboxylic acids is 1. The van der Waals surface area contributed by atoms with Crippen LogP contribution in [-0.2, 0) is 10.0 Å². The largest absolute Gasteiger partial charge is 0.342 e. The van der Waals surface area contributed by atoms with Gasteiger partial charge in [-0.3, -0.25) is 4.79 Å². The van der Waals surface area contributed by atoms with Gasteiger partial charge in [0.1, 0.15) is 0 Å². The summed E-state index contributed by atoms with van der Waals surface area (Å²) in [6.45, 7) is 3.19. The van der Waals surface area contributed by atoms with Gasteiger partial charge in [-0.05, 0) is 62.8 Å². The van der Waals surface area contributed by atoms with E-state index in [9.17, 15) is 13.2 Å². The van der Waals surface area contributed by atoms with Crippen LogP contribution in [0.25, 0.3) is 0 Å². The lowest BCUT2D eigenvalue weighted by atomic mass is 9.97. The van der Waals surface area contributed by atoms with Crippen LogP contribution in [0.2, 0.25) is 0 Å². The topological polar surface area (TPSA) is 66.5 Å². The van der Waals surface area contributed by atoms with Crippen LogP contribution in [0, 0.1) is 0 Å². The number of amides is 1. The third kappa shape index (κ3) is 5.95. The zero-order chi connectivity index (χ0) is 19.0. The van der Waals surface area contributed by atoms with Crippen molar-refractivity contribution in [2.75, 3.05) is 20.1 Å². The number of sulfonamides is 1. The molecular formula is C20H30N2O3S. The Labute approximate surface area is 157 Å². The zero-order valence-electron chi connectivity index (χ0n) is 15.8. The number of hydrogen-bond donors (Lipinski definition) is 1. The fourth-order valence-electron chi connectivity index (χ4n) is 3.05. The maximum atomic E-state index is 12.4. The van der Waals surface area contributed by atoms with Crippen LogP contribution in [0.5, 0.6) is 0 Å². The van der Waals surface area contributed by atoms with E-state index in [-0.39, 0.29) is 10.8 Å². The van der Waals surface area contributed by atoms with E-state index >= 15 is 0 Å². The first-order valence-corrected chi connectivity index (χ1v) is 11.0. The van der Waals surface area contributed by atoms with E-state index in [0.29, 0.717) is 18.7 Å². The molecule has 1 aliphatic carbocycles. The molecule has 1 amide bonds. The molecule has 1 N–H and O–H groups in total. The lowest BCUT2D eigenvalue weighted by molar-refractivity contribution is 0.0793. The Morgan fingerprint density at radius 3 is 2.54 bits per heavy atom. The highest BCUT2D eigenvalue weighted by atomic mass is 32.2. The molecule has 144 valence electrons. The fourth-order valence-corrected chi connectivity index (χ4v) is 4.09. The second-order valence-electron chi connectivity index (χ2n) is 6.86. The van der Waals surface area contributed by atoms with Crippen molar-refractivity contribution in [2.24, 2.45) is 0 Å². The Morgan fingerprint density at radius 1 is 1.19 bits per heavy atom. The summed E-state index contributed by atoms with van der Waals surface area (Å²) < 4.78 is 27.5. The van der Waals surface area contributed by atoms with Gasteiger partial charge in [-0.2, -0.15) is 0 Å². The Bertz CT molecular complexity index is 724. The van der Waals surface area contributed by atoms with Crippen LogP contribution >= 0.6 is 0 Å². The molecule has 5 nitrogen and oxygen atoms in total. The van der Waals surface area contributed by atoms with E-state index in [1.165, 1.54) is 30.5 Å². The van der Waals surface area contributed by atoms with Crippen LogP contribution in [-0.4, -0.2) is 39.4 Å². The van der Waals surface area contributed by atoms with E-state index in [2.05, 4.69) is 17.7 Å². The van der Waals surface area contributed by atoms with Crippen molar-refractivity contribution in [3.05, 3.63) is 41.5 Å². The van der Waals surface area contributed by atoms with Gasteiger partial charge >= 0.3 is 0 Å². The van der Waals surface area contributed by atoms with Crippen molar-refractivity contribution in [1.82, 2.24) is 9.62 Å². The van der Waals surface area contributed by atoms with E-state index < -0.39 is 10.0 Å². The highest BCUT2D eigenvalue weighted by Gasteiger charge is 2.16. The molecule has 1 aliphatic rings. The first kappa shape index (κ1) is 20.6. The molecule has 0 unspecified atom stereocenters. The molecule has 1 aromatic rings. The van der Waals surface area contributed by atoms with Crippen molar-refractivity contribution in [1.29, 1.82) is 0 Å².